The van der Waals surface area contributed by atoms with Gasteiger partial charge in [0.15, 0.2) is 0 Å². The molecular weight excluding hydrogens is 242 g/mol. The van der Waals surface area contributed by atoms with Gasteiger partial charge >= 0.3 is 0 Å². The van der Waals surface area contributed by atoms with Crippen molar-refractivity contribution in [3.8, 4) is 0 Å². The number of hydrogen-bond acceptors (Lipinski definition) is 3. The van der Waals surface area contributed by atoms with Gasteiger partial charge in [0.25, 0.3) is 5.91 Å². The Balaban J connectivity index is 2.27. The standard InChI is InChI=1S/C14H15N3O2/c1-2-19-17-14(15)16-13(18)12-9-5-7-10-6-3-4-8-11(10)12/h3-9H,2H2,1H3,(H3,15,16,17,18). The van der Waals surface area contributed by atoms with Crippen LogP contribution in [0.4, 0.5) is 0 Å². The van der Waals surface area contributed by atoms with E-state index in [0.29, 0.717) is 12.2 Å². The van der Waals surface area contributed by atoms with E-state index >= 15 is 0 Å². The summed E-state index contributed by atoms with van der Waals surface area (Å²) in [7, 11) is 0. The number of nitrogens with two attached hydrogens (primary N) is 1. The second kappa shape index (κ2) is 5.86. The minimum absolute atomic E-state index is 0.0558. The molecule has 2 aromatic rings. The average Bonchev–Trinajstić information content (AvgIpc) is 2.44. The zero-order chi connectivity index (χ0) is 13.7. The van der Waals surface area contributed by atoms with Crippen LogP contribution < -0.4 is 11.1 Å². The number of oxime groups is 1. The Kier molecular flexibility index (Phi) is 3.97. The predicted octanol–water partition coefficient (Wildman–Crippen LogP) is 1.84. The number of guanidine groups is 1. The van der Waals surface area contributed by atoms with Crippen LogP contribution >= 0.6 is 0 Å². The highest BCUT2D eigenvalue weighted by Crippen LogP contribution is 2.18. The van der Waals surface area contributed by atoms with Crippen LogP contribution in [0.3, 0.4) is 0 Å². The van der Waals surface area contributed by atoms with E-state index in [1.807, 2.05) is 36.4 Å². The van der Waals surface area contributed by atoms with Crippen molar-refractivity contribution in [3.05, 3.63) is 48.0 Å². The maximum absolute atomic E-state index is 12.1. The number of amides is 1. The van der Waals surface area contributed by atoms with Crippen LogP contribution in [0.15, 0.2) is 47.6 Å². The molecule has 5 nitrogen and oxygen atoms in total. The van der Waals surface area contributed by atoms with Gasteiger partial charge in [0.1, 0.15) is 6.61 Å². The number of fused-ring (bicyclic) bond motifs is 1. The summed E-state index contributed by atoms with van der Waals surface area (Å²) in [6, 6.07) is 13.2. The highest BCUT2D eigenvalue weighted by molar-refractivity contribution is 6.12. The molecule has 98 valence electrons. The van der Waals surface area contributed by atoms with Crippen molar-refractivity contribution in [1.29, 1.82) is 0 Å². The third-order valence-electron chi connectivity index (χ3n) is 2.57. The van der Waals surface area contributed by atoms with Crippen LogP contribution in [0.25, 0.3) is 10.8 Å². The van der Waals surface area contributed by atoms with Gasteiger partial charge in [-0.05, 0) is 28.9 Å². The van der Waals surface area contributed by atoms with Gasteiger partial charge in [-0.25, -0.2) is 0 Å². The SMILES string of the molecule is CCON=C(N)NC(=O)c1cccc2ccccc12. The predicted molar refractivity (Wildman–Crippen MR) is 74.7 cm³/mol. The fraction of sp³-hybridized carbons (Fsp3) is 0.143. The zero-order valence-corrected chi connectivity index (χ0v) is 10.6. The van der Waals surface area contributed by atoms with Gasteiger partial charge in [0.05, 0.1) is 0 Å². The molecule has 0 fully saturated rings. The van der Waals surface area contributed by atoms with Gasteiger partial charge in [0.2, 0.25) is 5.96 Å². The minimum atomic E-state index is -0.308. The van der Waals surface area contributed by atoms with Crippen LogP contribution in [0.1, 0.15) is 17.3 Å². The molecule has 0 unspecified atom stereocenters. The molecule has 3 N–H and O–H groups in total. The van der Waals surface area contributed by atoms with Crippen molar-refractivity contribution in [2.75, 3.05) is 6.61 Å². The van der Waals surface area contributed by atoms with Crippen LogP contribution in [-0.4, -0.2) is 18.5 Å². The third kappa shape index (κ3) is 3.01. The molecule has 0 spiro atoms. The van der Waals surface area contributed by atoms with E-state index in [1.165, 1.54) is 0 Å². The molecule has 5 heteroatoms. The zero-order valence-electron chi connectivity index (χ0n) is 10.6. The highest BCUT2D eigenvalue weighted by atomic mass is 16.6. The van der Waals surface area contributed by atoms with E-state index in [-0.39, 0.29) is 11.9 Å². The van der Waals surface area contributed by atoms with E-state index in [0.717, 1.165) is 10.8 Å². The molecule has 2 aromatic carbocycles. The molecule has 0 bridgehead atoms. The average molecular weight is 257 g/mol. The molecule has 19 heavy (non-hydrogen) atoms. The lowest BCUT2D eigenvalue weighted by atomic mass is 10.0. The number of nitrogens with one attached hydrogen (secondary N) is 1. The van der Waals surface area contributed by atoms with Gasteiger partial charge in [-0.1, -0.05) is 36.4 Å². The van der Waals surface area contributed by atoms with Gasteiger partial charge < -0.3 is 10.6 Å². The van der Waals surface area contributed by atoms with Gasteiger partial charge in [-0.2, -0.15) is 0 Å². The van der Waals surface area contributed by atoms with Crippen LogP contribution in [0.5, 0.6) is 0 Å². The summed E-state index contributed by atoms with van der Waals surface area (Å²) in [4.78, 5) is 16.9. The van der Waals surface area contributed by atoms with Crippen molar-refractivity contribution < 1.29 is 9.63 Å². The lowest BCUT2D eigenvalue weighted by Crippen LogP contribution is -2.37. The summed E-state index contributed by atoms with van der Waals surface area (Å²) in [5, 5.41) is 7.90. The molecule has 2 rings (SSSR count). The van der Waals surface area contributed by atoms with Crippen molar-refractivity contribution in [2.45, 2.75) is 6.92 Å². The summed E-state index contributed by atoms with van der Waals surface area (Å²) >= 11 is 0. The molecule has 0 saturated heterocycles. The summed E-state index contributed by atoms with van der Waals surface area (Å²) in [6.07, 6.45) is 0. The first-order chi connectivity index (χ1) is 9.22. The van der Waals surface area contributed by atoms with E-state index < -0.39 is 0 Å². The smallest absolute Gasteiger partial charge is 0.258 e. The minimum Gasteiger partial charge on any atom is -0.393 e. The molecular formula is C14H15N3O2. The van der Waals surface area contributed by atoms with E-state index in [2.05, 4.69) is 10.5 Å². The van der Waals surface area contributed by atoms with Crippen molar-refractivity contribution in [1.82, 2.24) is 5.32 Å². The number of carbonyl (C=O) groups is 1. The Hall–Kier alpha value is -2.56. The first-order valence-electron chi connectivity index (χ1n) is 5.97. The van der Waals surface area contributed by atoms with E-state index in [4.69, 9.17) is 10.6 Å². The molecule has 0 radical (unpaired) electrons. The summed E-state index contributed by atoms with van der Waals surface area (Å²) in [5.74, 6) is -0.363. The molecule has 0 aliphatic heterocycles. The summed E-state index contributed by atoms with van der Waals surface area (Å²) in [6.45, 7) is 2.17. The Labute approximate surface area is 111 Å². The fourth-order valence-corrected chi connectivity index (χ4v) is 1.76. The van der Waals surface area contributed by atoms with E-state index in [9.17, 15) is 4.79 Å². The number of rotatable bonds is 3. The second-order valence-corrected chi connectivity index (χ2v) is 3.88. The number of carbonyl (C=O) groups excluding carboxylic acids is 1. The molecule has 0 saturated carbocycles. The largest absolute Gasteiger partial charge is 0.393 e. The topological polar surface area (TPSA) is 76.7 Å². The lowest BCUT2D eigenvalue weighted by Gasteiger charge is -2.07. The first-order valence-corrected chi connectivity index (χ1v) is 5.97. The maximum atomic E-state index is 12.1. The molecule has 0 atom stereocenters. The molecule has 0 aromatic heterocycles. The van der Waals surface area contributed by atoms with Crippen molar-refractivity contribution in [3.63, 3.8) is 0 Å². The molecule has 1 amide bonds. The maximum Gasteiger partial charge on any atom is 0.258 e. The number of nitrogens with zero attached hydrogens (tertiary/aromatic N) is 1. The van der Waals surface area contributed by atoms with Crippen LogP contribution in [0.2, 0.25) is 0 Å². The van der Waals surface area contributed by atoms with Gasteiger partial charge in [-0.3, -0.25) is 10.1 Å². The Morgan fingerprint density at radius 2 is 2.00 bits per heavy atom. The second-order valence-electron chi connectivity index (χ2n) is 3.88. The Bertz CT molecular complexity index is 618. The quantitative estimate of drug-likeness (QED) is 0.500. The van der Waals surface area contributed by atoms with Gasteiger partial charge in [0, 0.05) is 5.56 Å². The Morgan fingerprint density at radius 3 is 2.79 bits per heavy atom. The molecule has 0 aliphatic carbocycles. The fourth-order valence-electron chi connectivity index (χ4n) is 1.76. The third-order valence-corrected chi connectivity index (χ3v) is 2.57. The lowest BCUT2D eigenvalue weighted by molar-refractivity contribution is 0.0973. The number of hydrogen-bond donors (Lipinski definition) is 2. The van der Waals surface area contributed by atoms with Crippen molar-refractivity contribution >= 4 is 22.6 Å². The van der Waals surface area contributed by atoms with Gasteiger partial charge in [-0.15, -0.1) is 0 Å². The normalized spacial score (nSPS) is 11.3. The van der Waals surface area contributed by atoms with E-state index in [1.54, 1.807) is 13.0 Å². The first kappa shape index (κ1) is 12.9. The Morgan fingerprint density at radius 1 is 1.26 bits per heavy atom. The number of benzene rings is 2. The molecule has 0 heterocycles. The summed E-state index contributed by atoms with van der Waals surface area (Å²) in [5.41, 5.74) is 6.08. The van der Waals surface area contributed by atoms with Crippen LogP contribution in [0, 0.1) is 0 Å². The van der Waals surface area contributed by atoms with Crippen LogP contribution in [-0.2, 0) is 4.84 Å². The van der Waals surface area contributed by atoms with Crippen molar-refractivity contribution in [2.24, 2.45) is 10.9 Å². The summed E-state index contributed by atoms with van der Waals surface area (Å²) < 4.78 is 0. The molecule has 0 aliphatic rings. The highest BCUT2D eigenvalue weighted by Gasteiger charge is 2.10. The monoisotopic (exact) mass is 257 g/mol.